The monoisotopic (exact) mass is 579 g/mol. The Labute approximate surface area is 230 Å². The molecular formula is C26H22Cl2F3N5O3. The molecular weight excluding hydrogens is 558 g/mol. The summed E-state index contributed by atoms with van der Waals surface area (Å²) in [5.41, 5.74) is -0.443. The number of para-hydroxylation sites is 1. The van der Waals surface area contributed by atoms with E-state index in [9.17, 15) is 22.8 Å². The highest BCUT2D eigenvalue weighted by Gasteiger charge is 2.42. The van der Waals surface area contributed by atoms with Gasteiger partial charge in [-0.15, -0.1) is 0 Å². The highest BCUT2D eigenvalue weighted by atomic mass is 35.5. The van der Waals surface area contributed by atoms with Crippen LogP contribution in [-0.2, 0) is 6.18 Å². The van der Waals surface area contributed by atoms with Gasteiger partial charge in [0.05, 0.1) is 21.2 Å². The van der Waals surface area contributed by atoms with E-state index >= 15 is 0 Å². The first-order valence-corrected chi connectivity index (χ1v) is 12.8. The van der Waals surface area contributed by atoms with Crippen LogP contribution in [0.5, 0.6) is 0 Å². The Bertz CT molecular complexity index is 1550. The van der Waals surface area contributed by atoms with E-state index in [1.165, 1.54) is 22.9 Å². The number of piperidine rings is 1. The molecule has 0 spiro atoms. The second-order valence-corrected chi connectivity index (χ2v) is 10.1. The number of halogens is 5. The van der Waals surface area contributed by atoms with Crippen LogP contribution in [0, 0.1) is 5.92 Å². The summed E-state index contributed by atoms with van der Waals surface area (Å²) in [5, 5.41) is 6.18. The SMILES string of the molecule is CC1CCCN(c2nc(C(F)(F)F)c(C(=O)Nc3ccc4c(ccn4C(=O)Nc4c(Cl)cccc4Cl)c3)o2)C1. The molecule has 1 atom stereocenters. The number of carbonyl (C=O) groups excluding carboxylic acids is 2. The van der Waals surface area contributed by atoms with Gasteiger partial charge in [-0.05, 0) is 55.2 Å². The smallest absolute Gasteiger partial charge is 0.417 e. The zero-order chi connectivity index (χ0) is 27.9. The molecule has 1 aliphatic rings. The van der Waals surface area contributed by atoms with Gasteiger partial charge in [0, 0.05) is 30.4 Å². The number of amides is 2. The summed E-state index contributed by atoms with van der Waals surface area (Å²) in [7, 11) is 0. The lowest BCUT2D eigenvalue weighted by Gasteiger charge is -2.29. The Morgan fingerprint density at radius 3 is 2.54 bits per heavy atom. The van der Waals surface area contributed by atoms with Crippen molar-refractivity contribution in [2.75, 3.05) is 28.6 Å². The fourth-order valence-corrected chi connectivity index (χ4v) is 5.01. The zero-order valence-corrected chi connectivity index (χ0v) is 22.0. The van der Waals surface area contributed by atoms with Crippen LogP contribution in [0.3, 0.4) is 0 Å². The fourth-order valence-electron chi connectivity index (χ4n) is 4.52. The Morgan fingerprint density at radius 1 is 1.10 bits per heavy atom. The maximum absolute atomic E-state index is 13.7. The normalized spacial score (nSPS) is 15.9. The number of alkyl halides is 3. The molecule has 39 heavy (non-hydrogen) atoms. The Hall–Kier alpha value is -3.70. The molecule has 1 unspecified atom stereocenters. The van der Waals surface area contributed by atoms with Crippen molar-refractivity contribution in [1.82, 2.24) is 9.55 Å². The first-order valence-electron chi connectivity index (χ1n) is 12.0. The third-order valence-electron chi connectivity index (χ3n) is 6.38. The van der Waals surface area contributed by atoms with Crippen molar-refractivity contribution in [2.24, 2.45) is 5.92 Å². The van der Waals surface area contributed by atoms with Crippen LogP contribution in [0.15, 0.2) is 53.1 Å². The van der Waals surface area contributed by atoms with Gasteiger partial charge >= 0.3 is 12.2 Å². The predicted molar refractivity (Wildman–Crippen MR) is 143 cm³/mol. The van der Waals surface area contributed by atoms with E-state index in [1.807, 2.05) is 6.92 Å². The largest absolute Gasteiger partial charge is 0.437 e. The lowest BCUT2D eigenvalue weighted by atomic mass is 10.0. The summed E-state index contributed by atoms with van der Waals surface area (Å²) in [4.78, 5) is 31.0. The van der Waals surface area contributed by atoms with E-state index in [2.05, 4.69) is 15.6 Å². The van der Waals surface area contributed by atoms with E-state index in [0.29, 0.717) is 24.0 Å². The molecule has 0 radical (unpaired) electrons. The Balaban J connectivity index is 1.37. The summed E-state index contributed by atoms with van der Waals surface area (Å²) in [5.74, 6) is -1.74. The standard InChI is InChI=1S/C26H22Cl2F3N5O3/c1-14-4-3-10-35(13-14)25-34-22(26(29,30)31)21(39-25)23(37)32-16-7-8-19-15(12-16)9-11-36(19)24(38)33-20-17(27)5-2-6-18(20)28/h2,5-9,11-12,14H,3-4,10,13H2,1H3,(H,32,37)(H,33,38). The van der Waals surface area contributed by atoms with Crippen molar-refractivity contribution in [3.8, 4) is 0 Å². The number of aromatic nitrogens is 2. The molecule has 4 aromatic rings. The molecule has 0 aliphatic carbocycles. The molecule has 13 heteroatoms. The highest BCUT2D eigenvalue weighted by molar-refractivity contribution is 6.39. The van der Waals surface area contributed by atoms with Crippen LogP contribution in [0.25, 0.3) is 10.9 Å². The molecule has 1 fully saturated rings. The number of oxazole rings is 1. The van der Waals surface area contributed by atoms with Crippen molar-refractivity contribution in [1.29, 1.82) is 0 Å². The average Bonchev–Trinajstić information content (AvgIpc) is 3.51. The van der Waals surface area contributed by atoms with E-state index in [1.54, 1.807) is 35.2 Å². The summed E-state index contributed by atoms with van der Waals surface area (Å²) >= 11 is 12.3. The number of hydrogen-bond acceptors (Lipinski definition) is 5. The molecule has 2 N–H and O–H groups in total. The van der Waals surface area contributed by atoms with E-state index in [-0.39, 0.29) is 33.4 Å². The molecule has 1 saturated heterocycles. The van der Waals surface area contributed by atoms with Gasteiger partial charge in [0.2, 0.25) is 5.76 Å². The van der Waals surface area contributed by atoms with Crippen LogP contribution in [-0.4, -0.2) is 34.6 Å². The first-order chi connectivity index (χ1) is 18.5. The molecule has 8 nitrogen and oxygen atoms in total. The van der Waals surface area contributed by atoms with E-state index in [0.717, 1.165) is 12.8 Å². The third kappa shape index (κ3) is 5.55. The minimum Gasteiger partial charge on any atom is -0.417 e. The van der Waals surface area contributed by atoms with Gasteiger partial charge < -0.3 is 20.0 Å². The number of nitrogens with zero attached hydrogens (tertiary/aromatic N) is 3. The molecule has 2 aromatic carbocycles. The lowest BCUT2D eigenvalue weighted by Crippen LogP contribution is -2.34. The molecule has 3 heterocycles. The Morgan fingerprint density at radius 2 is 1.85 bits per heavy atom. The summed E-state index contributed by atoms with van der Waals surface area (Å²) in [6.45, 7) is 2.97. The van der Waals surface area contributed by atoms with Crippen LogP contribution < -0.4 is 15.5 Å². The lowest BCUT2D eigenvalue weighted by molar-refractivity contribution is -0.141. The quantitative estimate of drug-likeness (QED) is 0.261. The summed E-state index contributed by atoms with van der Waals surface area (Å²) in [6, 6.07) is 10.2. The van der Waals surface area contributed by atoms with E-state index in [4.69, 9.17) is 27.6 Å². The number of carbonyl (C=O) groups is 2. The first kappa shape index (κ1) is 26.9. The van der Waals surface area contributed by atoms with Crippen molar-refractivity contribution >= 4 is 63.4 Å². The molecule has 0 saturated carbocycles. The molecule has 204 valence electrons. The predicted octanol–water partition coefficient (Wildman–Crippen LogP) is 7.52. The number of anilines is 3. The van der Waals surface area contributed by atoms with Crippen LogP contribution in [0.4, 0.5) is 35.4 Å². The third-order valence-corrected chi connectivity index (χ3v) is 7.01. The number of hydrogen-bond donors (Lipinski definition) is 2. The van der Waals surface area contributed by atoms with Crippen molar-refractivity contribution in [3.63, 3.8) is 0 Å². The topological polar surface area (TPSA) is 92.4 Å². The van der Waals surface area contributed by atoms with Crippen molar-refractivity contribution in [3.05, 3.63) is 70.2 Å². The van der Waals surface area contributed by atoms with Crippen molar-refractivity contribution < 1.29 is 27.2 Å². The fraction of sp³-hybridized carbons (Fsp3) is 0.269. The molecule has 2 aromatic heterocycles. The van der Waals surface area contributed by atoms with Crippen LogP contribution in [0.1, 0.15) is 36.0 Å². The molecule has 0 bridgehead atoms. The van der Waals surface area contributed by atoms with Gasteiger partial charge in [-0.25, -0.2) is 4.79 Å². The summed E-state index contributed by atoms with van der Waals surface area (Å²) < 4.78 is 47.8. The second kappa shape index (κ2) is 10.5. The minimum absolute atomic E-state index is 0.206. The average molecular weight is 580 g/mol. The second-order valence-electron chi connectivity index (χ2n) is 9.31. The number of benzene rings is 2. The summed E-state index contributed by atoms with van der Waals surface area (Å²) in [6.07, 6.45) is -1.64. The Kier molecular flexibility index (Phi) is 7.21. The number of fused-ring (bicyclic) bond motifs is 1. The number of nitrogens with one attached hydrogen (secondary N) is 2. The zero-order valence-electron chi connectivity index (χ0n) is 20.5. The molecule has 2 amide bonds. The number of rotatable bonds is 4. The van der Waals surface area contributed by atoms with Crippen LogP contribution in [0.2, 0.25) is 10.0 Å². The van der Waals surface area contributed by atoms with Gasteiger partial charge in [0.25, 0.3) is 11.9 Å². The minimum atomic E-state index is -4.88. The maximum Gasteiger partial charge on any atom is 0.437 e. The highest BCUT2D eigenvalue weighted by Crippen LogP contribution is 2.36. The van der Waals surface area contributed by atoms with Gasteiger partial charge in [-0.2, -0.15) is 18.2 Å². The molecule has 1 aliphatic heterocycles. The van der Waals surface area contributed by atoms with Gasteiger partial charge in [-0.1, -0.05) is 36.2 Å². The van der Waals surface area contributed by atoms with Gasteiger partial charge in [-0.3, -0.25) is 9.36 Å². The van der Waals surface area contributed by atoms with Crippen LogP contribution >= 0.6 is 23.2 Å². The van der Waals surface area contributed by atoms with Crippen molar-refractivity contribution in [2.45, 2.75) is 25.9 Å². The molecule has 5 rings (SSSR count). The van der Waals surface area contributed by atoms with Gasteiger partial charge in [0.1, 0.15) is 0 Å². The van der Waals surface area contributed by atoms with Gasteiger partial charge in [0.15, 0.2) is 5.69 Å². The van der Waals surface area contributed by atoms with E-state index < -0.39 is 29.6 Å². The maximum atomic E-state index is 13.7.